The molecule has 6 heteroatoms. The summed E-state index contributed by atoms with van der Waals surface area (Å²) in [4.78, 5) is 15.0. The summed E-state index contributed by atoms with van der Waals surface area (Å²) in [6.45, 7) is 1.72. The van der Waals surface area contributed by atoms with E-state index in [0.717, 1.165) is 0 Å². The monoisotopic (exact) mass is 237 g/mol. The number of hydrogen-bond donors (Lipinski definition) is 1. The summed E-state index contributed by atoms with van der Waals surface area (Å²) in [5, 5.41) is 13.4. The second-order valence-corrected chi connectivity index (χ2v) is 3.58. The minimum atomic E-state index is -1.05. The lowest BCUT2D eigenvalue weighted by Crippen LogP contribution is -2.06. The normalized spacial score (nSPS) is 10.4. The summed E-state index contributed by atoms with van der Waals surface area (Å²) in [7, 11) is 0. The van der Waals surface area contributed by atoms with Crippen LogP contribution in [0.3, 0.4) is 0 Å². The lowest BCUT2D eigenvalue weighted by Gasteiger charge is -2.06. The van der Waals surface area contributed by atoms with Crippen molar-refractivity contribution >= 4 is 17.6 Å². The molecule has 1 N–H and O–H groups in total. The summed E-state index contributed by atoms with van der Waals surface area (Å²) >= 11 is 5.97. The predicted molar refractivity (Wildman–Crippen MR) is 58.1 cm³/mol. The maximum absolute atomic E-state index is 11.0. The highest BCUT2D eigenvalue weighted by molar-refractivity contribution is 6.33. The van der Waals surface area contributed by atoms with Crippen LogP contribution in [0.2, 0.25) is 5.02 Å². The number of rotatable bonds is 2. The van der Waals surface area contributed by atoms with Gasteiger partial charge in [-0.25, -0.2) is 14.5 Å². The van der Waals surface area contributed by atoms with Gasteiger partial charge < -0.3 is 5.11 Å². The molecule has 0 radical (unpaired) electrons. The van der Waals surface area contributed by atoms with Gasteiger partial charge in [-0.3, -0.25) is 0 Å². The molecule has 16 heavy (non-hydrogen) atoms. The molecule has 1 heterocycles. The molecule has 0 bridgehead atoms. The first-order valence-corrected chi connectivity index (χ1v) is 4.88. The molecule has 2 aromatic rings. The van der Waals surface area contributed by atoms with Gasteiger partial charge >= 0.3 is 5.97 Å². The summed E-state index contributed by atoms with van der Waals surface area (Å²) in [5.41, 5.74) is 0.426. The van der Waals surface area contributed by atoms with Crippen LogP contribution in [0.1, 0.15) is 16.2 Å². The highest BCUT2D eigenvalue weighted by atomic mass is 35.5. The van der Waals surface area contributed by atoms with Gasteiger partial charge in [0.2, 0.25) is 0 Å². The SMILES string of the molecule is Cc1ncn(-c2c(Cl)cccc2C(=O)O)n1. The van der Waals surface area contributed by atoms with Gasteiger partial charge in [-0.15, -0.1) is 0 Å². The van der Waals surface area contributed by atoms with E-state index in [2.05, 4.69) is 10.1 Å². The van der Waals surface area contributed by atoms with Crippen molar-refractivity contribution in [2.75, 3.05) is 0 Å². The molecule has 0 amide bonds. The first-order valence-electron chi connectivity index (χ1n) is 4.50. The molecule has 0 unspecified atom stereocenters. The lowest BCUT2D eigenvalue weighted by molar-refractivity contribution is 0.0696. The van der Waals surface area contributed by atoms with Gasteiger partial charge in [0.15, 0.2) is 0 Å². The third-order valence-electron chi connectivity index (χ3n) is 2.05. The maximum atomic E-state index is 11.0. The van der Waals surface area contributed by atoms with Crippen molar-refractivity contribution < 1.29 is 9.90 Å². The average Bonchev–Trinajstić information content (AvgIpc) is 2.64. The van der Waals surface area contributed by atoms with Crippen LogP contribution >= 0.6 is 11.6 Å². The van der Waals surface area contributed by atoms with Crippen molar-refractivity contribution in [3.8, 4) is 5.69 Å². The fraction of sp³-hybridized carbons (Fsp3) is 0.100. The number of aryl methyl sites for hydroxylation is 1. The Hall–Kier alpha value is -1.88. The van der Waals surface area contributed by atoms with Crippen LogP contribution in [-0.2, 0) is 0 Å². The molecule has 0 aliphatic carbocycles. The molecule has 2 rings (SSSR count). The topological polar surface area (TPSA) is 68.0 Å². The number of nitrogens with zero attached hydrogens (tertiary/aromatic N) is 3. The van der Waals surface area contributed by atoms with E-state index < -0.39 is 5.97 Å². The molecule has 0 aliphatic rings. The zero-order valence-electron chi connectivity index (χ0n) is 8.38. The third kappa shape index (κ3) is 1.77. The molecule has 0 saturated carbocycles. The fourth-order valence-electron chi connectivity index (χ4n) is 1.37. The van der Waals surface area contributed by atoms with Gasteiger partial charge in [0.1, 0.15) is 12.2 Å². The molecular weight excluding hydrogens is 230 g/mol. The quantitative estimate of drug-likeness (QED) is 0.867. The number of carboxylic acids is 1. The van der Waals surface area contributed by atoms with E-state index in [0.29, 0.717) is 16.5 Å². The first-order chi connectivity index (χ1) is 7.59. The van der Waals surface area contributed by atoms with Crippen molar-refractivity contribution in [2.45, 2.75) is 6.92 Å². The van der Waals surface area contributed by atoms with Crippen LogP contribution < -0.4 is 0 Å². The van der Waals surface area contributed by atoms with Crippen LogP contribution in [0.4, 0.5) is 0 Å². The zero-order chi connectivity index (χ0) is 11.7. The average molecular weight is 238 g/mol. The van der Waals surface area contributed by atoms with Gasteiger partial charge in [-0.1, -0.05) is 17.7 Å². The Balaban J connectivity index is 2.67. The first kappa shape index (κ1) is 10.6. The molecule has 0 aliphatic heterocycles. The number of hydrogen-bond acceptors (Lipinski definition) is 3. The fourth-order valence-corrected chi connectivity index (χ4v) is 1.64. The lowest BCUT2D eigenvalue weighted by atomic mass is 10.2. The number of benzene rings is 1. The van der Waals surface area contributed by atoms with Crippen LogP contribution in [0.5, 0.6) is 0 Å². The second-order valence-electron chi connectivity index (χ2n) is 3.18. The van der Waals surface area contributed by atoms with Crippen molar-refractivity contribution in [3.63, 3.8) is 0 Å². The zero-order valence-corrected chi connectivity index (χ0v) is 9.14. The molecule has 1 aromatic carbocycles. The minimum absolute atomic E-state index is 0.0948. The van der Waals surface area contributed by atoms with Crippen molar-refractivity contribution in [2.24, 2.45) is 0 Å². The van der Waals surface area contributed by atoms with Crippen molar-refractivity contribution in [3.05, 3.63) is 40.9 Å². The van der Waals surface area contributed by atoms with Gasteiger partial charge in [0, 0.05) is 0 Å². The minimum Gasteiger partial charge on any atom is -0.478 e. The number of aromatic carboxylic acids is 1. The smallest absolute Gasteiger partial charge is 0.337 e. The summed E-state index contributed by atoms with van der Waals surface area (Å²) in [5.74, 6) is -0.498. The molecule has 5 nitrogen and oxygen atoms in total. The molecule has 0 saturated heterocycles. The van der Waals surface area contributed by atoms with E-state index in [4.69, 9.17) is 16.7 Å². The Morgan fingerprint density at radius 2 is 2.25 bits per heavy atom. The number of halogens is 1. The van der Waals surface area contributed by atoms with E-state index in [1.165, 1.54) is 17.1 Å². The highest BCUT2D eigenvalue weighted by Gasteiger charge is 2.15. The van der Waals surface area contributed by atoms with Crippen LogP contribution in [0, 0.1) is 6.92 Å². The van der Waals surface area contributed by atoms with E-state index in [1.807, 2.05) is 0 Å². The highest BCUT2D eigenvalue weighted by Crippen LogP contribution is 2.23. The van der Waals surface area contributed by atoms with Gasteiger partial charge in [-0.2, -0.15) is 5.10 Å². The second kappa shape index (κ2) is 3.94. The molecule has 1 aromatic heterocycles. The van der Waals surface area contributed by atoms with E-state index in [9.17, 15) is 4.79 Å². The Morgan fingerprint density at radius 1 is 1.50 bits per heavy atom. The molecule has 82 valence electrons. The molecule has 0 atom stereocenters. The Labute approximate surface area is 96.3 Å². The standard InChI is InChI=1S/C10H8ClN3O2/c1-6-12-5-14(13-6)9-7(10(15)16)3-2-4-8(9)11/h2-5H,1H3,(H,15,16). The van der Waals surface area contributed by atoms with Crippen molar-refractivity contribution in [1.29, 1.82) is 0 Å². The number of aromatic nitrogens is 3. The summed E-state index contributed by atoms with van der Waals surface area (Å²) in [6.07, 6.45) is 1.43. The summed E-state index contributed by atoms with van der Waals surface area (Å²) < 4.78 is 1.36. The van der Waals surface area contributed by atoms with Gasteiger partial charge in [-0.05, 0) is 19.1 Å². The number of para-hydroxylation sites is 1. The van der Waals surface area contributed by atoms with Crippen LogP contribution in [-0.4, -0.2) is 25.8 Å². The number of carbonyl (C=O) groups is 1. The summed E-state index contributed by atoms with van der Waals surface area (Å²) in [6, 6.07) is 4.67. The van der Waals surface area contributed by atoms with E-state index in [1.54, 1.807) is 19.1 Å². The van der Waals surface area contributed by atoms with Crippen LogP contribution in [0.25, 0.3) is 5.69 Å². The van der Waals surface area contributed by atoms with Crippen LogP contribution in [0.15, 0.2) is 24.5 Å². The Kier molecular flexibility index (Phi) is 2.62. The third-order valence-corrected chi connectivity index (χ3v) is 2.36. The maximum Gasteiger partial charge on any atom is 0.337 e. The molecule has 0 fully saturated rings. The Bertz CT molecular complexity index is 551. The molecular formula is C10H8ClN3O2. The van der Waals surface area contributed by atoms with E-state index >= 15 is 0 Å². The van der Waals surface area contributed by atoms with Gasteiger partial charge in [0.05, 0.1) is 16.3 Å². The Morgan fingerprint density at radius 3 is 2.81 bits per heavy atom. The predicted octanol–water partition coefficient (Wildman–Crippen LogP) is 1.93. The van der Waals surface area contributed by atoms with Gasteiger partial charge in [0.25, 0.3) is 0 Å². The van der Waals surface area contributed by atoms with E-state index in [-0.39, 0.29) is 5.56 Å². The van der Waals surface area contributed by atoms with Crippen molar-refractivity contribution in [1.82, 2.24) is 14.8 Å². The number of carboxylic acid groups (broad SMARTS) is 1. The molecule has 0 spiro atoms. The largest absolute Gasteiger partial charge is 0.478 e.